The van der Waals surface area contributed by atoms with Gasteiger partial charge in [0.05, 0.1) is 0 Å². The number of rotatable bonds is 3. The van der Waals surface area contributed by atoms with Crippen LogP contribution < -0.4 is 0 Å². The monoisotopic (exact) mass is 202 g/mol. The van der Waals surface area contributed by atoms with Crippen molar-refractivity contribution in [3.05, 3.63) is 42.5 Å². The van der Waals surface area contributed by atoms with Crippen LogP contribution in [0.2, 0.25) is 0 Å². The van der Waals surface area contributed by atoms with Gasteiger partial charge in [0.15, 0.2) is 0 Å². The molecule has 0 spiro atoms. The van der Waals surface area contributed by atoms with E-state index >= 15 is 0 Å². The predicted octanol–water partition coefficient (Wildman–Crippen LogP) is 3.78. The molecule has 0 bridgehead atoms. The van der Waals surface area contributed by atoms with Crippen molar-refractivity contribution in [1.82, 2.24) is 0 Å². The van der Waals surface area contributed by atoms with Crippen LogP contribution in [0.5, 0.6) is 5.75 Å². The van der Waals surface area contributed by atoms with Crippen LogP contribution in [0, 0.1) is 0 Å². The minimum absolute atomic E-state index is 0.160. The van der Waals surface area contributed by atoms with Gasteiger partial charge in [-0.15, -0.1) is 6.58 Å². The molecule has 0 heterocycles. The highest BCUT2D eigenvalue weighted by Gasteiger charge is 2.35. The fraction of sp³-hybridized carbons (Fsp3) is 0.429. The van der Waals surface area contributed by atoms with E-state index in [1.807, 2.05) is 18.2 Å². The van der Waals surface area contributed by atoms with Crippen LogP contribution in [-0.2, 0) is 5.41 Å². The molecule has 2 rings (SSSR count). The van der Waals surface area contributed by atoms with Crippen molar-refractivity contribution in [2.24, 2.45) is 0 Å². The second kappa shape index (κ2) is 4.09. The van der Waals surface area contributed by atoms with Crippen LogP contribution >= 0.6 is 0 Å². The molecule has 0 aliphatic heterocycles. The van der Waals surface area contributed by atoms with Gasteiger partial charge in [-0.3, -0.25) is 0 Å². The molecule has 1 fully saturated rings. The summed E-state index contributed by atoms with van der Waals surface area (Å²) >= 11 is 0. The van der Waals surface area contributed by atoms with Gasteiger partial charge in [-0.25, -0.2) is 0 Å². The molecule has 0 unspecified atom stereocenters. The highest BCUT2D eigenvalue weighted by molar-refractivity contribution is 5.39. The topological polar surface area (TPSA) is 20.2 Å². The SMILES string of the molecule is C=CCC1(c2ccccc2O)CCCC1. The number of benzene rings is 1. The predicted molar refractivity (Wildman–Crippen MR) is 63.1 cm³/mol. The van der Waals surface area contributed by atoms with Crippen molar-refractivity contribution >= 4 is 0 Å². The largest absolute Gasteiger partial charge is 0.508 e. The van der Waals surface area contributed by atoms with Gasteiger partial charge < -0.3 is 5.11 Å². The number of para-hydroxylation sites is 1. The Bertz CT molecular complexity index is 348. The van der Waals surface area contributed by atoms with Crippen molar-refractivity contribution in [3.63, 3.8) is 0 Å². The fourth-order valence-electron chi connectivity index (χ4n) is 2.83. The quantitative estimate of drug-likeness (QED) is 0.739. The van der Waals surface area contributed by atoms with Crippen LogP contribution in [-0.4, -0.2) is 5.11 Å². The zero-order chi connectivity index (χ0) is 10.7. The highest BCUT2D eigenvalue weighted by Crippen LogP contribution is 2.46. The Morgan fingerprint density at radius 1 is 1.27 bits per heavy atom. The zero-order valence-corrected chi connectivity index (χ0v) is 9.08. The number of hydrogen-bond donors (Lipinski definition) is 1. The first-order valence-electron chi connectivity index (χ1n) is 5.68. The number of phenols is 1. The first-order valence-corrected chi connectivity index (χ1v) is 5.68. The van der Waals surface area contributed by atoms with Gasteiger partial charge in [0.25, 0.3) is 0 Å². The molecule has 0 atom stereocenters. The van der Waals surface area contributed by atoms with Gasteiger partial charge >= 0.3 is 0 Å². The highest BCUT2D eigenvalue weighted by atomic mass is 16.3. The third-order valence-electron chi connectivity index (χ3n) is 3.57. The summed E-state index contributed by atoms with van der Waals surface area (Å²) in [4.78, 5) is 0. The molecule has 1 aliphatic rings. The van der Waals surface area contributed by atoms with E-state index in [2.05, 4.69) is 12.6 Å². The van der Waals surface area contributed by atoms with Crippen LogP contribution in [0.1, 0.15) is 37.7 Å². The molecule has 0 amide bonds. The van der Waals surface area contributed by atoms with Crippen molar-refractivity contribution in [3.8, 4) is 5.75 Å². The van der Waals surface area contributed by atoms with E-state index in [0.717, 1.165) is 12.0 Å². The molecule has 0 radical (unpaired) electrons. The minimum atomic E-state index is 0.160. The fourth-order valence-corrected chi connectivity index (χ4v) is 2.83. The molecule has 1 aliphatic carbocycles. The van der Waals surface area contributed by atoms with E-state index < -0.39 is 0 Å². The number of aromatic hydroxyl groups is 1. The molecule has 1 heteroatoms. The summed E-state index contributed by atoms with van der Waals surface area (Å²) in [6.45, 7) is 3.84. The van der Waals surface area contributed by atoms with E-state index in [1.165, 1.54) is 25.7 Å². The molecular weight excluding hydrogens is 184 g/mol. The molecule has 1 aromatic carbocycles. The minimum Gasteiger partial charge on any atom is -0.508 e. The summed E-state index contributed by atoms with van der Waals surface area (Å²) in [5.41, 5.74) is 1.27. The Kier molecular flexibility index (Phi) is 2.81. The van der Waals surface area contributed by atoms with Gasteiger partial charge in [-0.1, -0.05) is 37.1 Å². The molecule has 0 saturated heterocycles. The Balaban J connectivity index is 2.40. The summed E-state index contributed by atoms with van der Waals surface area (Å²) in [5.74, 6) is 0.446. The van der Waals surface area contributed by atoms with E-state index in [9.17, 15) is 5.11 Å². The smallest absolute Gasteiger partial charge is 0.119 e. The van der Waals surface area contributed by atoms with Gasteiger partial charge in [-0.2, -0.15) is 0 Å². The molecule has 80 valence electrons. The maximum atomic E-state index is 9.93. The van der Waals surface area contributed by atoms with E-state index in [0.29, 0.717) is 5.75 Å². The Labute approximate surface area is 91.4 Å². The number of hydrogen-bond acceptors (Lipinski definition) is 1. The van der Waals surface area contributed by atoms with Crippen molar-refractivity contribution in [2.75, 3.05) is 0 Å². The Morgan fingerprint density at radius 3 is 2.53 bits per heavy atom. The molecular formula is C14H18O. The van der Waals surface area contributed by atoms with Crippen molar-refractivity contribution < 1.29 is 5.11 Å². The molecule has 1 aromatic rings. The third kappa shape index (κ3) is 1.79. The number of phenolic OH excluding ortho intramolecular Hbond substituents is 1. The lowest BCUT2D eigenvalue weighted by Crippen LogP contribution is -2.21. The summed E-state index contributed by atoms with van der Waals surface area (Å²) in [7, 11) is 0. The Morgan fingerprint density at radius 2 is 1.93 bits per heavy atom. The van der Waals surface area contributed by atoms with Gasteiger partial charge in [-0.05, 0) is 25.3 Å². The second-order valence-corrected chi connectivity index (χ2v) is 4.50. The summed E-state index contributed by atoms with van der Waals surface area (Å²) < 4.78 is 0. The maximum absolute atomic E-state index is 9.93. The zero-order valence-electron chi connectivity index (χ0n) is 9.08. The summed E-state index contributed by atoms with van der Waals surface area (Å²) in [5, 5.41) is 9.93. The standard InChI is InChI=1S/C14H18O/c1-2-9-14(10-5-6-11-14)12-7-3-4-8-13(12)15/h2-4,7-8,15H,1,5-6,9-11H2. The molecule has 0 aromatic heterocycles. The lowest BCUT2D eigenvalue weighted by atomic mass is 9.76. The average Bonchev–Trinajstić information content (AvgIpc) is 2.69. The van der Waals surface area contributed by atoms with Gasteiger partial charge in [0.2, 0.25) is 0 Å². The summed E-state index contributed by atoms with van der Waals surface area (Å²) in [6, 6.07) is 7.75. The molecule has 1 saturated carbocycles. The van der Waals surface area contributed by atoms with Gasteiger partial charge in [0, 0.05) is 11.0 Å². The van der Waals surface area contributed by atoms with Crippen molar-refractivity contribution in [2.45, 2.75) is 37.5 Å². The van der Waals surface area contributed by atoms with Crippen LogP contribution in [0.3, 0.4) is 0 Å². The first kappa shape index (κ1) is 10.3. The average molecular weight is 202 g/mol. The lowest BCUT2D eigenvalue weighted by molar-refractivity contribution is 0.402. The van der Waals surface area contributed by atoms with E-state index in [4.69, 9.17) is 0 Å². The number of allylic oxidation sites excluding steroid dienone is 1. The van der Waals surface area contributed by atoms with E-state index in [-0.39, 0.29) is 5.41 Å². The van der Waals surface area contributed by atoms with Crippen LogP contribution in [0.25, 0.3) is 0 Å². The molecule has 1 nitrogen and oxygen atoms in total. The molecule has 1 N–H and O–H groups in total. The second-order valence-electron chi connectivity index (χ2n) is 4.50. The van der Waals surface area contributed by atoms with Gasteiger partial charge in [0.1, 0.15) is 5.75 Å². The molecule has 15 heavy (non-hydrogen) atoms. The lowest BCUT2D eigenvalue weighted by Gasteiger charge is -2.29. The van der Waals surface area contributed by atoms with E-state index in [1.54, 1.807) is 6.07 Å². The van der Waals surface area contributed by atoms with Crippen LogP contribution in [0.15, 0.2) is 36.9 Å². The van der Waals surface area contributed by atoms with Crippen LogP contribution in [0.4, 0.5) is 0 Å². The maximum Gasteiger partial charge on any atom is 0.119 e. The Hall–Kier alpha value is -1.24. The van der Waals surface area contributed by atoms with Crippen molar-refractivity contribution in [1.29, 1.82) is 0 Å². The summed E-state index contributed by atoms with van der Waals surface area (Å²) in [6.07, 6.45) is 7.85. The normalized spacial score (nSPS) is 18.9. The third-order valence-corrected chi connectivity index (χ3v) is 3.57. The first-order chi connectivity index (χ1) is 7.28.